The van der Waals surface area contributed by atoms with Crippen LogP contribution in [0.1, 0.15) is 117 Å². The lowest BCUT2D eigenvalue weighted by molar-refractivity contribution is -0.199. The van der Waals surface area contributed by atoms with Crippen LogP contribution in [0.5, 0.6) is 0 Å². The van der Waals surface area contributed by atoms with Crippen molar-refractivity contribution in [2.75, 3.05) is 6.61 Å². The predicted octanol–water partition coefficient (Wildman–Crippen LogP) is 9.58. The third kappa shape index (κ3) is 5.24. The fraction of sp³-hybridized carbons (Fsp3) is 0.565. The molecule has 0 aromatic heterocycles. The number of esters is 2. The second kappa shape index (κ2) is 12.7. The normalized spacial score (nSPS) is 39.6. The molecule has 4 fully saturated rings. The van der Waals surface area contributed by atoms with Crippen LogP contribution in [0.15, 0.2) is 85.0 Å². The predicted molar refractivity (Wildman–Crippen MR) is 201 cm³/mol. The summed E-state index contributed by atoms with van der Waals surface area (Å²) in [6.45, 7) is 16.8. The molecule has 0 spiro atoms. The van der Waals surface area contributed by atoms with E-state index in [9.17, 15) is 19.2 Å². The highest BCUT2D eigenvalue weighted by Gasteiger charge is 2.72. The van der Waals surface area contributed by atoms with E-state index in [1.807, 2.05) is 66.7 Å². The van der Waals surface area contributed by atoms with Gasteiger partial charge in [-0.3, -0.25) is 19.2 Å². The van der Waals surface area contributed by atoms with E-state index < -0.39 is 28.3 Å². The first-order valence-corrected chi connectivity index (χ1v) is 19.5. The van der Waals surface area contributed by atoms with Crippen molar-refractivity contribution in [3.05, 3.63) is 96.1 Å². The van der Waals surface area contributed by atoms with Crippen LogP contribution >= 0.6 is 0 Å². The van der Waals surface area contributed by atoms with Crippen molar-refractivity contribution in [2.45, 2.75) is 105 Å². The van der Waals surface area contributed by atoms with Gasteiger partial charge >= 0.3 is 11.9 Å². The highest BCUT2D eigenvalue weighted by Crippen LogP contribution is 2.75. The SMILES string of the molecule is C=CCOC(=O)[C@]1(C)C(=O)CC[C@]2(C)[C@H]3C(=O)C=C4[C@@H]5C[C@@](C)(C(=O)OC(c6ccccc6)c6ccccc6)CC[C@]5(C)CC[C@@]4(C)[C@]3(C)CC[C@@H]12. The molecule has 0 saturated heterocycles. The van der Waals surface area contributed by atoms with Crippen LogP contribution in [0.4, 0.5) is 0 Å². The van der Waals surface area contributed by atoms with Gasteiger partial charge in [-0.1, -0.05) is 107 Å². The summed E-state index contributed by atoms with van der Waals surface area (Å²) in [6, 6.07) is 19.9. The molecule has 0 heterocycles. The monoisotopic (exact) mass is 704 g/mol. The molecule has 4 saturated carbocycles. The van der Waals surface area contributed by atoms with Gasteiger partial charge in [0.05, 0.1) is 5.41 Å². The van der Waals surface area contributed by atoms with Gasteiger partial charge in [-0.2, -0.15) is 0 Å². The smallest absolute Gasteiger partial charge is 0.319 e. The van der Waals surface area contributed by atoms with Crippen LogP contribution in [-0.4, -0.2) is 30.1 Å². The first kappa shape index (κ1) is 36.6. The quantitative estimate of drug-likeness (QED) is 0.162. The molecule has 5 aliphatic rings. The average molecular weight is 705 g/mol. The van der Waals surface area contributed by atoms with Gasteiger partial charge in [-0.25, -0.2) is 0 Å². The van der Waals surface area contributed by atoms with Crippen LogP contribution in [0.2, 0.25) is 0 Å². The summed E-state index contributed by atoms with van der Waals surface area (Å²) < 4.78 is 12.1. The zero-order valence-electron chi connectivity index (χ0n) is 32.0. The lowest BCUT2D eigenvalue weighted by atomic mass is 9.33. The Hall–Kier alpha value is -3.80. The van der Waals surface area contributed by atoms with E-state index in [0.717, 1.165) is 43.2 Å². The number of carbonyl (C=O) groups is 4. The zero-order chi connectivity index (χ0) is 37.3. The number of ketones is 2. The number of ether oxygens (including phenoxy) is 2. The van der Waals surface area contributed by atoms with Crippen molar-refractivity contribution in [2.24, 2.45) is 50.2 Å². The zero-order valence-corrected chi connectivity index (χ0v) is 32.0. The summed E-state index contributed by atoms with van der Waals surface area (Å²) >= 11 is 0. The molecule has 0 N–H and O–H groups in total. The lowest BCUT2D eigenvalue weighted by Crippen LogP contribution is -2.67. The first-order valence-electron chi connectivity index (χ1n) is 19.5. The van der Waals surface area contributed by atoms with E-state index in [2.05, 4.69) is 41.2 Å². The molecule has 0 bridgehead atoms. The molecule has 6 nitrogen and oxygen atoms in total. The van der Waals surface area contributed by atoms with E-state index >= 15 is 0 Å². The Kier molecular flexibility index (Phi) is 8.90. The maximum absolute atomic E-state index is 14.9. The average Bonchev–Trinajstić information content (AvgIpc) is 3.13. The Morgan fingerprint density at radius 3 is 2.06 bits per heavy atom. The second-order valence-corrected chi connectivity index (χ2v) is 18.4. The molecular weight excluding hydrogens is 649 g/mol. The maximum atomic E-state index is 14.9. The highest BCUT2D eigenvalue weighted by atomic mass is 16.5. The third-order valence-corrected chi connectivity index (χ3v) is 15.7. The van der Waals surface area contributed by atoms with Gasteiger partial charge in [-0.15, -0.1) is 0 Å². The Bertz CT molecular complexity index is 1770. The number of benzene rings is 2. The number of fused-ring (bicyclic) bond motifs is 7. The number of rotatable bonds is 7. The molecule has 0 unspecified atom stereocenters. The van der Waals surface area contributed by atoms with E-state index in [4.69, 9.17) is 9.47 Å². The Morgan fingerprint density at radius 1 is 0.827 bits per heavy atom. The molecule has 7 rings (SSSR count). The standard InChI is InChI=1S/C46H56O6/c1-8-27-51-40(50)46(7)35-19-22-45(6)38(43(35,4)21-20-36(46)48)34(47)28-32-33-29-42(3,24-23-41(33,2)25-26-44(32,45)5)39(49)52-37(30-15-11-9-12-16-30)31-17-13-10-14-18-31/h8-18,28,33,35,37-38H,1,19-27,29H2,2-7H3/t33-,35+,38+,41+,42-,43-,44+,45+,46-/m0/s1. The van der Waals surface area contributed by atoms with Crippen LogP contribution in [0.3, 0.4) is 0 Å². The van der Waals surface area contributed by atoms with Crippen LogP contribution in [0.25, 0.3) is 0 Å². The number of hydrogen-bond donors (Lipinski definition) is 0. The topological polar surface area (TPSA) is 86.7 Å². The van der Waals surface area contributed by atoms with Crippen LogP contribution in [-0.2, 0) is 28.7 Å². The van der Waals surface area contributed by atoms with Crippen molar-refractivity contribution < 1.29 is 28.7 Å². The van der Waals surface area contributed by atoms with Crippen molar-refractivity contribution in [1.82, 2.24) is 0 Å². The van der Waals surface area contributed by atoms with E-state index in [1.54, 1.807) is 6.92 Å². The summed E-state index contributed by atoms with van der Waals surface area (Å²) in [4.78, 5) is 56.6. The van der Waals surface area contributed by atoms with Crippen molar-refractivity contribution in [1.29, 1.82) is 0 Å². The maximum Gasteiger partial charge on any atom is 0.319 e. The van der Waals surface area contributed by atoms with Gasteiger partial charge in [0.2, 0.25) is 0 Å². The Balaban J connectivity index is 1.22. The molecule has 52 heavy (non-hydrogen) atoms. The molecular formula is C46H56O6. The molecule has 2 aromatic carbocycles. The molecule has 9 atom stereocenters. The summed E-state index contributed by atoms with van der Waals surface area (Å²) in [5.41, 5.74) is -0.141. The van der Waals surface area contributed by atoms with Crippen LogP contribution in [0, 0.1) is 50.2 Å². The molecule has 6 heteroatoms. The first-order chi connectivity index (χ1) is 24.6. The van der Waals surface area contributed by atoms with Gasteiger partial charge in [0, 0.05) is 12.3 Å². The number of carbonyl (C=O) groups excluding carboxylic acids is 4. The summed E-state index contributed by atoms with van der Waals surface area (Å²) in [7, 11) is 0. The second-order valence-electron chi connectivity index (χ2n) is 18.4. The summed E-state index contributed by atoms with van der Waals surface area (Å²) in [6.07, 6.45) is 9.51. The van der Waals surface area contributed by atoms with Gasteiger partial charge in [-0.05, 0) is 116 Å². The molecule has 5 aliphatic carbocycles. The van der Waals surface area contributed by atoms with Crippen molar-refractivity contribution in [3.8, 4) is 0 Å². The Labute approximate surface area is 309 Å². The van der Waals surface area contributed by atoms with Crippen molar-refractivity contribution >= 4 is 23.5 Å². The molecule has 276 valence electrons. The molecule has 0 aliphatic heterocycles. The summed E-state index contributed by atoms with van der Waals surface area (Å²) in [5.74, 6) is -1.20. The lowest BCUT2D eigenvalue weighted by Gasteiger charge is -2.69. The number of hydrogen-bond acceptors (Lipinski definition) is 6. The molecule has 2 aromatic rings. The number of Topliss-reactive ketones (excluding diaryl/α,β-unsaturated/α-hetero) is 1. The van der Waals surface area contributed by atoms with E-state index in [-0.39, 0.29) is 64.6 Å². The fourth-order valence-electron chi connectivity index (χ4n) is 12.2. The minimum atomic E-state index is -1.30. The third-order valence-electron chi connectivity index (χ3n) is 15.7. The number of allylic oxidation sites excluding steroid dienone is 2. The van der Waals surface area contributed by atoms with Gasteiger partial charge in [0.1, 0.15) is 17.8 Å². The van der Waals surface area contributed by atoms with Crippen LogP contribution < -0.4 is 0 Å². The molecule has 0 radical (unpaired) electrons. The minimum Gasteiger partial charge on any atom is -0.461 e. The van der Waals surface area contributed by atoms with Gasteiger partial charge in [0.25, 0.3) is 0 Å². The molecule has 0 amide bonds. The minimum absolute atomic E-state index is 0.0291. The Morgan fingerprint density at radius 2 is 1.44 bits per heavy atom. The van der Waals surface area contributed by atoms with E-state index in [0.29, 0.717) is 19.3 Å². The fourth-order valence-corrected chi connectivity index (χ4v) is 12.2. The largest absolute Gasteiger partial charge is 0.461 e. The van der Waals surface area contributed by atoms with Crippen molar-refractivity contribution in [3.63, 3.8) is 0 Å². The van der Waals surface area contributed by atoms with E-state index in [1.165, 1.54) is 11.6 Å². The van der Waals surface area contributed by atoms with Gasteiger partial charge in [0.15, 0.2) is 11.9 Å². The summed E-state index contributed by atoms with van der Waals surface area (Å²) in [5, 5.41) is 0. The highest BCUT2D eigenvalue weighted by molar-refractivity contribution is 6.05. The van der Waals surface area contributed by atoms with Gasteiger partial charge < -0.3 is 9.47 Å².